The molecule has 3 heterocycles. The van der Waals surface area contributed by atoms with Crippen LogP contribution in [0.1, 0.15) is 0 Å². The predicted molar refractivity (Wildman–Crippen MR) is 225 cm³/mol. The molecule has 0 radical (unpaired) electrons. The van der Waals surface area contributed by atoms with Crippen molar-refractivity contribution in [1.29, 1.82) is 0 Å². The largest absolute Gasteiger partial charge is 0.456 e. The van der Waals surface area contributed by atoms with Crippen molar-refractivity contribution in [2.24, 2.45) is 0 Å². The van der Waals surface area contributed by atoms with Crippen LogP contribution in [0.2, 0.25) is 0 Å². The lowest BCUT2D eigenvalue weighted by molar-refractivity contribution is 0.620. The zero-order valence-electron chi connectivity index (χ0n) is 29.9. The Balaban J connectivity index is 1.00. The van der Waals surface area contributed by atoms with Gasteiger partial charge in [0.25, 0.3) is 0 Å². The molecule has 0 saturated carbocycles. The van der Waals surface area contributed by atoms with Crippen LogP contribution < -0.4 is 0 Å². The number of fused-ring (bicyclic) bond motifs is 5. The molecule has 8 aromatic carbocycles. The Morgan fingerprint density at radius 2 is 0.839 bits per heavy atom. The quantitative estimate of drug-likeness (QED) is 0.170. The lowest BCUT2D eigenvalue weighted by Gasteiger charge is -2.13. The van der Waals surface area contributed by atoms with E-state index in [0.717, 1.165) is 88.3 Å². The number of hydrogen-bond acceptors (Lipinski definition) is 6. The summed E-state index contributed by atoms with van der Waals surface area (Å²) in [6.45, 7) is 0. The molecule has 262 valence electrons. The Morgan fingerprint density at radius 3 is 1.48 bits per heavy atom. The molecule has 11 aromatic rings. The number of oxazole rings is 1. The average molecular weight is 719 g/mol. The van der Waals surface area contributed by atoms with Crippen LogP contribution in [0.3, 0.4) is 0 Å². The van der Waals surface area contributed by atoms with E-state index in [1.165, 1.54) is 0 Å². The van der Waals surface area contributed by atoms with Crippen LogP contribution in [0.4, 0.5) is 0 Å². The summed E-state index contributed by atoms with van der Waals surface area (Å²) in [4.78, 5) is 19.5. The molecule has 0 saturated heterocycles. The van der Waals surface area contributed by atoms with E-state index in [1.807, 2.05) is 103 Å². The van der Waals surface area contributed by atoms with Gasteiger partial charge in [-0.3, -0.25) is 0 Å². The standard InChI is InChI=1S/C50H30N4O2/c1-4-13-32(14-5-1)47-52-48(33-15-6-2-7-16-33)54-49(53-47)34-25-23-31(24-26-34)36-27-28-39(38-20-11-10-19-37(36)38)40-21-12-22-43-46(40)41-29-45-42(30-44(41)55-43)51-50(56-45)35-17-8-3-9-18-35/h1-30H. The average Bonchev–Trinajstić information content (AvgIpc) is 3.87. The third-order valence-corrected chi connectivity index (χ3v) is 10.4. The number of hydrogen-bond donors (Lipinski definition) is 0. The minimum Gasteiger partial charge on any atom is -0.456 e. The smallest absolute Gasteiger partial charge is 0.227 e. The van der Waals surface area contributed by atoms with E-state index >= 15 is 0 Å². The van der Waals surface area contributed by atoms with Crippen molar-refractivity contribution in [2.45, 2.75) is 0 Å². The lowest BCUT2D eigenvalue weighted by atomic mass is 9.90. The normalized spacial score (nSPS) is 11.6. The van der Waals surface area contributed by atoms with Gasteiger partial charge in [-0.05, 0) is 57.3 Å². The fraction of sp³-hybridized carbons (Fsp3) is 0. The van der Waals surface area contributed by atoms with E-state index in [4.69, 9.17) is 28.8 Å². The summed E-state index contributed by atoms with van der Waals surface area (Å²) in [5.74, 6) is 2.50. The second-order valence-electron chi connectivity index (χ2n) is 13.8. The Kier molecular flexibility index (Phi) is 7.38. The molecule has 0 spiro atoms. The molecule has 0 atom stereocenters. The molecule has 11 rings (SSSR count). The number of benzene rings is 8. The first-order chi connectivity index (χ1) is 27.7. The molecule has 0 amide bonds. The maximum absolute atomic E-state index is 6.46. The van der Waals surface area contributed by atoms with Crippen molar-refractivity contribution in [3.05, 3.63) is 182 Å². The molecule has 0 bridgehead atoms. The fourth-order valence-electron chi connectivity index (χ4n) is 7.70. The van der Waals surface area contributed by atoms with Crippen LogP contribution in [-0.4, -0.2) is 19.9 Å². The minimum absolute atomic E-state index is 0.592. The van der Waals surface area contributed by atoms with Crippen molar-refractivity contribution in [1.82, 2.24) is 19.9 Å². The van der Waals surface area contributed by atoms with E-state index in [1.54, 1.807) is 0 Å². The minimum atomic E-state index is 0.592. The monoisotopic (exact) mass is 718 g/mol. The topological polar surface area (TPSA) is 77.8 Å². The second-order valence-corrected chi connectivity index (χ2v) is 13.8. The molecule has 0 aliphatic rings. The van der Waals surface area contributed by atoms with E-state index in [9.17, 15) is 0 Å². The van der Waals surface area contributed by atoms with E-state index in [0.29, 0.717) is 23.4 Å². The summed E-state index contributed by atoms with van der Waals surface area (Å²) in [5, 5.41) is 4.35. The molecule has 0 aliphatic carbocycles. The lowest BCUT2D eigenvalue weighted by Crippen LogP contribution is -2.00. The van der Waals surface area contributed by atoms with Crippen LogP contribution in [0.25, 0.3) is 112 Å². The van der Waals surface area contributed by atoms with Gasteiger partial charge < -0.3 is 8.83 Å². The summed E-state index contributed by atoms with van der Waals surface area (Å²) < 4.78 is 12.7. The molecule has 0 aliphatic heterocycles. The van der Waals surface area contributed by atoms with E-state index in [2.05, 4.69) is 78.9 Å². The predicted octanol–water partition coefficient (Wildman–Crippen LogP) is 13.1. The molecule has 6 nitrogen and oxygen atoms in total. The number of furan rings is 1. The molecule has 56 heavy (non-hydrogen) atoms. The van der Waals surface area contributed by atoms with Gasteiger partial charge in [0, 0.05) is 39.1 Å². The van der Waals surface area contributed by atoms with Gasteiger partial charge in [0.1, 0.15) is 16.7 Å². The van der Waals surface area contributed by atoms with Crippen LogP contribution in [0, 0.1) is 0 Å². The second kappa shape index (κ2) is 13.0. The van der Waals surface area contributed by atoms with Crippen molar-refractivity contribution in [2.75, 3.05) is 0 Å². The zero-order valence-corrected chi connectivity index (χ0v) is 29.9. The maximum atomic E-state index is 6.46. The molecule has 3 aromatic heterocycles. The summed E-state index contributed by atoms with van der Waals surface area (Å²) in [7, 11) is 0. The zero-order chi connectivity index (χ0) is 37.0. The Labute approximate surface area is 321 Å². The van der Waals surface area contributed by atoms with Crippen molar-refractivity contribution >= 4 is 43.8 Å². The van der Waals surface area contributed by atoms with Gasteiger partial charge in [-0.15, -0.1) is 0 Å². The first-order valence-corrected chi connectivity index (χ1v) is 18.5. The molecule has 0 unspecified atom stereocenters. The van der Waals surface area contributed by atoms with Crippen LogP contribution in [0.15, 0.2) is 191 Å². The van der Waals surface area contributed by atoms with Gasteiger partial charge in [-0.1, -0.05) is 152 Å². The summed E-state index contributed by atoms with van der Waals surface area (Å²) in [6.07, 6.45) is 0. The van der Waals surface area contributed by atoms with Gasteiger partial charge in [0.2, 0.25) is 5.89 Å². The van der Waals surface area contributed by atoms with Crippen LogP contribution >= 0.6 is 0 Å². The SMILES string of the molecule is c1ccc(-c2nc(-c3ccccc3)nc(-c3ccc(-c4ccc(-c5cccc6oc7cc8nc(-c9ccccc9)oc8cc7c56)c5ccccc45)cc3)n2)cc1. The van der Waals surface area contributed by atoms with Gasteiger partial charge >= 0.3 is 0 Å². The Hall–Kier alpha value is -7.70. The third kappa shape index (κ3) is 5.43. The van der Waals surface area contributed by atoms with Gasteiger partial charge in [0.05, 0.1) is 0 Å². The van der Waals surface area contributed by atoms with Gasteiger partial charge in [0.15, 0.2) is 23.1 Å². The van der Waals surface area contributed by atoms with E-state index in [-0.39, 0.29) is 0 Å². The van der Waals surface area contributed by atoms with Crippen molar-refractivity contribution < 1.29 is 8.83 Å². The molecular formula is C50H30N4O2. The number of nitrogens with zero attached hydrogens (tertiary/aromatic N) is 4. The van der Waals surface area contributed by atoms with Crippen molar-refractivity contribution in [3.63, 3.8) is 0 Å². The van der Waals surface area contributed by atoms with Crippen LogP contribution in [-0.2, 0) is 0 Å². The maximum Gasteiger partial charge on any atom is 0.227 e. The highest BCUT2D eigenvalue weighted by Gasteiger charge is 2.19. The van der Waals surface area contributed by atoms with Gasteiger partial charge in [-0.25, -0.2) is 19.9 Å². The molecular weight excluding hydrogens is 689 g/mol. The summed E-state index contributed by atoms with van der Waals surface area (Å²) >= 11 is 0. The number of rotatable bonds is 6. The van der Waals surface area contributed by atoms with Crippen LogP contribution in [0.5, 0.6) is 0 Å². The first kappa shape index (κ1) is 31.8. The fourth-order valence-corrected chi connectivity index (χ4v) is 7.70. The molecule has 0 N–H and O–H groups in total. The van der Waals surface area contributed by atoms with Crippen molar-refractivity contribution in [3.8, 4) is 67.9 Å². The summed E-state index contributed by atoms with van der Waals surface area (Å²) in [6, 6.07) is 61.9. The summed E-state index contributed by atoms with van der Waals surface area (Å²) in [5.41, 5.74) is 11.3. The number of aromatic nitrogens is 4. The Morgan fingerprint density at radius 1 is 0.304 bits per heavy atom. The van der Waals surface area contributed by atoms with E-state index < -0.39 is 0 Å². The third-order valence-electron chi connectivity index (χ3n) is 10.4. The molecule has 6 heteroatoms. The highest BCUT2D eigenvalue weighted by molar-refractivity contribution is 6.18. The first-order valence-electron chi connectivity index (χ1n) is 18.5. The highest BCUT2D eigenvalue weighted by atomic mass is 16.4. The Bertz CT molecular complexity index is 3170. The van der Waals surface area contributed by atoms with Gasteiger partial charge in [-0.2, -0.15) is 0 Å². The molecule has 0 fully saturated rings. The highest BCUT2D eigenvalue weighted by Crippen LogP contribution is 2.43.